The second kappa shape index (κ2) is 8.48. The highest BCUT2D eigenvalue weighted by molar-refractivity contribution is 5.84. The van der Waals surface area contributed by atoms with E-state index in [1.165, 1.54) is 6.42 Å². The SMILES string of the molecule is CCCN(C)CCCCC(C)(NCC)C(N)=O. The van der Waals surface area contributed by atoms with Gasteiger partial charge in [-0.1, -0.05) is 13.8 Å². The van der Waals surface area contributed by atoms with Gasteiger partial charge in [0.2, 0.25) is 5.91 Å². The van der Waals surface area contributed by atoms with Crippen LogP contribution in [0.5, 0.6) is 0 Å². The first-order valence-corrected chi connectivity index (χ1v) is 6.69. The molecule has 3 N–H and O–H groups in total. The predicted octanol–water partition coefficient (Wildman–Crippen LogP) is 1.35. The second-order valence-electron chi connectivity index (χ2n) is 4.99. The standard InChI is InChI=1S/C13H29N3O/c1-5-10-16(4)11-8-7-9-13(3,12(14)17)15-6-2/h15H,5-11H2,1-4H3,(H2,14,17). The molecule has 1 amide bonds. The van der Waals surface area contributed by atoms with Crippen molar-refractivity contribution >= 4 is 5.91 Å². The number of rotatable bonds is 10. The van der Waals surface area contributed by atoms with E-state index in [2.05, 4.69) is 24.2 Å². The second-order valence-corrected chi connectivity index (χ2v) is 4.99. The highest BCUT2D eigenvalue weighted by atomic mass is 16.1. The molecule has 0 spiro atoms. The zero-order valence-electron chi connectivity index (χ0n) is 11.9. The first-order valence-electron chi connectivity index (χ1n) is 6.69. The summed E-state index contributed by atoms with van der Waals surface area (Å²) in [7, 11) is 2.14. The number of primary amides is 1. The molecule has 0 fully saturated rings. The molecule has 1 unspecified atom stereocenters. The zero-order valence-corrected chi connectivity index (χ0v) is 11.9. The summed E-state index contributed by atoms with van der Waals surface area (Å²) >= 11 is 0. The fourth-order valence-electron chi connectivity index (χ4n) is 2.04. The van der Waals surface area contributed by atoms with Crippen LogP contribution in [0.2, 0.25) is 0 Å². The Balaban J connectivity index is 3.87. The number of nitrogens with one attached hydrogen (secondary N) is 1. The lowest BCUT2D eigenvalue weighted by Crippen LogP contribution is -2.53. The number of carbonyl (C=O) groups is 1. The average Bonchev–Trinajstić information content (AvgIpc) is 2.25. The molecule has 17 heavy (non-hydrogen) atoms. The van der Waals surface area contributed by atoms with Crippen LogP contribution in [-0.4, -0.2) is 43.0 Å². The highest BCUT2D eigenvalue weighted by Crippen LogP contribution is 2.13. The molecule has 0 aromatic rings. The minimum Gasteiger partial charge on any atom is -0.368 e. The van der Waals surface area contributed by atoms with Gasteiger partial charge in [0.25, 0.3) is 0 Å². The van der Waals surface area contributed by atoms with Crippen molar-refractivity contribution in [3.8, 4) is 0 Å². The van der Waals surface area contributed by atoms with Gasteiger partial charge >= 0.3 is 0 Å². The third kappa shape index (κ3) is 6.64. The molecule has 0 aromatic heterocycles. The summed E-state index contributed by atoms with van der Waals surface area (Å²) < 4.78 is 0. The van der Waals surface area contributed by atoms with Crippen LogP contribution in [0.3, 0.4) is 0 Å². The summed E-state index contributed by atoms with van der Waals surface area (Å²) in [6.45, 7) is 9.08. The van der Waals surface area contributed by atoms with Crippen LogP contribution in [0.25, 0.3) is 0 Å². The van der Waals surface area contributed by atoms with E-state index in [0.29, 0.717) is 0 Å². The van der Waals surface area contributed by atoms with Crippen molar-refractivity contribution in [2.24, 2.45) is 5.73 Å². The Bertz CT molecular complexity index is 221. The van der Waals surface area contributed by atoms with Gasteiger partial charge in [-0.15, -0.1) is 0 Å². The van der Waals surface area contributed by atoms with Crippen LogP contribution in [0.1, 0.15) is 46.5 Å². The molecular weight excluding hydrogens is 214 g/mol. The number of nitrogens with zero attached hydrogens (tertiary/aromatic N) is 1. The number of carbonyl (C=O) groups excluding carboxylic acids is 1. The molecule has 0 bridgehead atoms. The van der Waals surface area contributed by atoms with Crippen molar-refractivity contribution in [1.29, 1.82) is 0 Å². The molecule has 0 aliphatic rings. The summed E-state index contributed by atoms with van der Waals surface area (Å²) in [4.78, 5) is 13.7. The fourth-order valence-corrected chi connectivity index (χ4v) is 2.04. The molecule has 0 aliphatic heterocycles. The Morgan fingerprint density at radius 1 is 1.29 bits per heavy atom. The first-order chi connectivity index (χ1) is 7.96. The molecule has 1 atom stereocenters. The third-order valence-electron chi connectivity index (χ3n) is 3.18. The lowest BCUT2D eigenvalue weighted by Gasteiger charge is -2.27. The molecule has 0 saturated carbocycles. The summed E-state index contributed by atoms with van der Waals surface area (Å²) in [5.74, 6) is -0.249. The van der Waals surface area contributed by atoms with Gasteiger partial charge < -0.3 is 16.0 Å². The zero-order chi connectivity index (χ0) is 13.3. The maximum atomic E-state index is 11.4. The van der Waals surface area contributed by atoms with Crippen molar-refractivity contribution in [3.05, 3.63) is 0 Å². The van der Waals surface area contributed by atoms with Gasteiger partial charge in [-0.3, -0.25) is 4.79 Å². The van der Waals surface area contributed by atoms with E-state index in [4.69, 9.17) is 5.73 Å². The molecule has 4 heteroatoms. The fraction of sp³-hybridized carbons (Fsp3) is 0.923. The maximum Gasteiger partial charge on any atom is 0.237 e. The van der Waals surface area contributed by atoms with E-state index in [1.807, 2.05) is 13.8 Å². The summed E-state index contributed by atoms with van der Waals surface area (Å²) in [6, 6.07) is 0. The van der Waals surface area contributed by atoms with E-state index >= 15 is 0 Å². The van der Waals surface area contributed by atoms with Crippen molar-refractivity contribution in [2.75, 3.05) is 26.7 Å². The van der Waals surface area contributed by atoms with Crippen LogP contribution in [0.15, 0.2) is 0 Å². The Morgan fingerprint density at radius 3 is 2.41 bits per heavy atom. The van der Waals surface area contributed by atoms with Crippen LogP contribution >= 0.6 is 0 Å². The quantitative estimate of drug-likeness (QED) is 0.569. The number of amides is 1. The molecule has 0 radical (unpaired) electrons. The van der Waals surface area contributed by atoms with Crippen molar-refractivity contribution < 1.29 is 4.79 Å². The monoisotopic (exact) mass is 243 g/mol. The van der Waals surface area contributed by atoms with E-state index in [9.17, 15) is 4.79 Å². The van der Waals surface area contributed by atoms with E-state index in [1.54, 1.807) is 0 Å². The molecule has 0 heterocycles. The number of hydrogen-bond donors (Lipinski definition) is 2. The topological polar surface area (TPSA) is 58.4 Å². The van der Waals surface area contributed by atoms with Crippen molar-refractivity contribution in [1.82, 2.24) is 10.2 Å². The molecular formula is C13H29N3O. The number of likely N-dealkylation sites (N-methyl/N-ethyl adjacent to an activating group) is 1. The number of nitrogens with two attached hydrogens (primary N) is 1. The molecule has 0 aromatic carbocycles. The van der Waals surface area contributed by atoms with E-state index < -0.39 is 5.54 Å². The Kier molecular flexibility index (Phi) is 8.17. The summed E-state index contributed by atoms with van der Waals surface area (Å²) in [5.41, 5.74) is 4.89. The minimum atomic E-state index is -0.544. The smallest absolute Gasteiger partial charge is 0.237 e. The van der Waals surface area contributed by atoms with Gasteiger partial charge in [-0.25, -0.2) is 0 Å². The van der Waals surface area contributed by atoms with Gasteiger partial charge in [0, 0.05) is 0 Å². The first kappa shape index (κ1) is 16.4. The molecule has 102 valence electrons. The van der Waals surface area contributed by atoms with Crippen molar-refractivity contribution in [3.63, 3.8) is 0 Å². The Morgan fingerprint density at radius 2 is 1.94 bits per heavy atom. The van der Waals surface area contributed by atoms with Gasteiger partial charge in [-0.05, 0) is 59.3 Å². The molecule has 0 aliphatic carbocycles. The average molecular weight is 243 g/mol. The van der Waals surface area contributed by atoms with Crippen LogP contribution in [0.4, 0.5) is 0 Å². The molecule has 4 nitrogen and oxygen atoms in total. The van der Waals surface area contributed by atoms with Crippen LogP contribution < -0.4 is 11.1 Å². The van der Waals surface area contributed by atoms with Gasteiger partial charge in [0.15, 0.2) is 0 Å². The lowest BCUT2D eigenvalue weighted by molar-refractivity contribution is -0.124. The molecule has 0 saturated heterocycles. The number of hydrogen-bond acceptors (Lipinski definition) is 3. The summed E-state index contributed by atoms with van der Waals surface area (Å²) in [5, 5.41) is 3.18. The highest BCUT2D eigenvalue weighted by Gasteiger charge is 2.28. The normalized spacial score (nSPS) is 14.9. The Labute approximate surface area is 106 Å². The largest absolute Gasteiger partial charge is 0.368 e. The number of unbranched alkanes of at least 4 members (excludes halogenated alkanes) is 1. The molecule has 0 rings (SSSR count). The minimum absolute atomic E-state index is 0.249. The van der Waals surface area contributed by atoms with Gasteiger partial charge in [0.05, 0.1) is 5.54 Å². The predicted molar refractivity (Wildman–Crippen MR) is 72.9 cm³/mol. The summed E-state index contributed by atoms with van der Waals surface area (Å²) in [6.07, 6.45) is 4.15. The lowest BCUT2D eigenvalue weighted by atomic mass is 9.94. The van der Waals surface area contributed by atoms with E-state index in [-0.39, 0.29) is 5.91 Å². The van der Waals surface area contributed by atoms with Gasteiger partial charge in [-0.2, -0.15) is 0 Å². The Hall–Kier alpha value is -0.610. The van der Waals surface area contributed by atoms with Crippen LogP contribution in [0, 0.1) is 0 Å². The van der Waals surface area contributed by atoms with E-state index in [0.717, 1.165) is 38.9 Å². The van der Waals surface area contributed by atoms with Crippen molar-refractivity contribution in [2.45, 2.75) is 52.0 Å². The van der Waals surface area contributed by atoms with Gasteiger partial charge in [0.1, 0.15) is 0 Å². The maximum absolute atomic E-state index is 11.4. The van der Waals surface area contributed by atoms with Crippen LogP contribution in [-0.2, 0) is 4.79 Å². The third-order valence-corrected chi connectivity index (χ3v) is 3.18.